The minimum Gasteiger partial charge on any atom is -0.480 e. The highest BCUT2D eigenvalue weighted by molar-refractivity contribution is 9.10. The molecule has 0 saturated heterocycles. The highest BCUT2D eigenvalue weighted by atomic mass is 79.9. The van der Waals surface area contributed by atoms with Crippen molar-refractivity contribution in [3.05, 3.63) is 28.5 Å². The summed E-state index contributed by atoms with van der Waals surface area (Å²) in [6, 6.07) is 0.342. The number of amides is 2. The fourth-order valence-corrected chi connectivity index (χ4v) is 1.69. The molecule has 0 aliphatic heterocycles. The number of nitrogens with zero attached hydrogens (tertiary/aromatic N) is 1. The molecule has 1 atom stereocenters. The first-order chi connectivity index (χ1) is 8.90. The van der Waals surface area contributed by atoms with E-state index >= 15 is 0 Å². The van der Waals surface area contributed by atoms with E-state index in [9.17, 15) is 14.4 Å². The topological polar surface area (TPSA) is 122 Å². The number of aromatic nitrogens is 1. The van der Waals surface area contributed by atoms with Crippen LogP contribution in [0.5, 0.6) is 0 Å². The third-order valence-corrected chi connectivity index (χ3v) is 2.68. The summed E-state index contributed by atoms with van der Waals surface area (Å²) in [6.45, 7) is 0. The molecule has 0 radical (unpaired) electrons. The Morgan fingerprint density at radius 1 is 1.42 bits per heavy atom. The average Bonchev–Trinajstić information content (AvgIpc) is 2.33. The zero-order chi connectivity index (χ0) is 14.4. The van der Waals surface area contributed by atoms with Crippen molar-refractivity contribution in [3.8, 4) is 0 Å². The molecule has 0 bridgehead atoms. The number of hydrogen-bond donors (Lipinski definition) is 3. The first kappa shape index (κ1) is 15.1. The third kappa shape index (κ3) is 5.04. The maximum atomic E-state index is 11.8. The molecule has 0 saturated carbocycles. The van der Waals surface area contributed by atoms with Gasteiger partial charge in [0.05, 0.1) is 5.56 Å². The highest BCUT2D eigenvalue weighted by Crippen LogP contribution is 2.10. The Bertz CT molecular complexity index is 506. The minimum atomic E-state index is -1.22. The van der Waals surface area contributed by atoms with E-state index in [2.05, 4.69) is 26.2 Å². The van der Waals surface area contributed by atoms with Gasteiger partial charge in [0.15, 0.2) is 0 Å². The van der Waals surface area contributed by atoms with Crippen LogP contribution in [0.2, 0.25) is 0 Å². The predicted molar refractivity (Wildman–Crippen MR) is 69.3 cm³/mol. The number of carboxylic acid groups (broad SMARTS) is 1. The van der Waals surface area contributed by atoms with E-state index in [1.54, 1.807) is 0 Å². The van der Waals surface area contributed by atoms with Crippen molar-refractivity contribution in [2.24, 2.45) is 5.73 Å². The molecule has 0 spiro atoms. The second-order valence-corrected chi connectivity index (χ2v) is 4.68. The number of carbonyl (C=O) groups excluding carboxylic acids is 2. The Morgan fingerprint density at radius 2 is 2.11 bits per heavy atom. The maximum Gasteiger partial charge on any atom is 0.326 e. The van der Waals surface area contributed by atoms with E-state index in [1.807, 2.05) is 0 Å². The molecule has 0 aliphatic carbocycles. The van der Waals surface area contributed by atoms with Gasteiger partial charge in [-0.15, -0.1) is 0 Å². The van der Waals surface area contributed by atoms with Crippen molar-refractivity contribution in [2.45, 2.75) is 18.9 Å². The second-order valence-electron chi connectivity index (χ2n) is 3.76. The van der Waals surface area contributed by atoms with Gasteiger partial charge < -0.3 is 16.2 Å². The zero-order valence-corrected chi connectivity index (χ0v) is 11.4. The van der Waals surface area contributed by atoms with Crippen LogP contribution in [0, 0.1) is 0 Å². The smallest absolute Gasteiger partial charge is 0.326 e. The van der Waals surface area contributed by atoms with Crippen molar-refractivity contribution in [1.29, 1.82) is 0 Å². The fourth-order valence-electron chi connectivity index (χ4n) is 1.32. The summed E-state index contributed by atoms with van der Waals surface area (Å²) >= 11 is 3.16. The monoisotopic (exact) mass is 329 g/mol. The average molecular weight is 330 g/mol. The number of primary amides is 1. The molecule has 0 aromatic carbocycles. The standard InChI is InChI=1S/C11H12BrN3O4/c12-7-3-6(4-14-5-7)10(17)15-8(11(18)19)1-2-9(13)16/h3-5,8H,1-2H2,(H2,13,16)(H,15,17)(H,18,19)/t8-/m1/s1. The molecule has 0 aliphatic rings. The van der Waals surface area contributed by atoms with Gasteiger partial charge in [-0.2, -0.15) is 0 Å². The number of carboxylic acids is 1. The maximum absolute atomic E-state index is 11.8. The number of rotatable bonds is 6. The van der Waals surface area contributed by atoms with Crippen molar-refractivity contribution < 1.29 is 19.5 Å². The summed E-state index contributed by atoms with van der Waals surface area (Å²) in [5.74, 6) is -2.42. The van der Waals surface area contributed by atoms with Gasteiger partial charge in [-0.1, -0.05) is 0 Å². The van der Waals surface area contributed by atoms with E-state index in [0.717, 1.165) is 0 Å². The lowest BCUT2D eigenvalue weighted by Gasteiger charge is -2.13. The van der Waals surface area contributed by atoms with Crippen LogP contribution in [0.25, 0.3) is 0 Å². The molecule has 1 rings (SSSR count). The number of aliphatic carboxylic acids is 1. The van der Waals surface area contributed by atoms with E-state index in [-0.39, 0.29) is 18.4 Å². The van der Waals surface area contributed by atoms with Gasteiger partial charge in [0.25, 0.3) is 5.91 Å². The van der Waals surface area contributed by atoms with Crippen LogP contribution in [0.15, 0.2) is 22.9 Å². The number of nitrogens with one attached hydrogen (secondary N) is 1. The summed E-state index contributed by atoms with van der Waals surface area (Å²) in [4.78, 5) is 37.2. The zero-order valence-electron chi connectivity index (χ0n) is 9.80. The first-order valence-corrected chi connectivity index (χ1v) is 6.12. The van der Waals surface area contributed by atoms with Gasteiger partial charge in [-0.3, -0.25) is 14.6 Å². The molecular weight excluding hydrogens is 318 g/mol. The molecule has 0 unspecified atom stereocenters. The van der Waals surface area contributed by atoms with Crippen molar-refractivity contribution >= 4 is 33.7 Å². The third-order valence-electron chi connectivity index (χ3n) is 2.25. The van der Waals surface area contributed by atoms with Crippen LogP contribution < -0.4 is 11.1 Å². The van der Waals surface area contributed by atoms with Crippen LogP contribution in [-0.2, 0) is 9.59 Å². The number of carbonyl (C=O) groups is 3. The largest absolute Gasteiger partial charge is 0.480 e. The van der Waals surface area contributed by atoms with Crippen LogP contribution in [0.3, 0.4) is 0 Å². The van der Waals surface area contributed by atoms with Gasteiger partial charge in [-0.25, -0.2) is 4.79 Å². The lowest BCUT2D eigenvalue weighted by Crippen LogP contribution is -2.41. The molecule has 102 valence electrons. The van der Waals surface area contributed by atoms with Gasteiger partial charge in [0, 0.05) is 23.3 Å². The Hall–Kier alpha value is -1.96. The Labute approximate surface area is 117 Å². The molecule has 1 heterocycles. The van der Waals surface area contributed by atoms with E-state index in [1.165, 1.54) is 18.5 Å². The molecule has 1 aromatic heterocycles. The van der Waals surface area contributed by atoms with Crippen LogP contribution in [-0.4, -0.2) is 33.9 Å². The van der Waals surface area contributed by atoms with Crippen LogP contribution in [0.4, 0.5) is 0 Å². The number of halogens is 1. The number of nitrogens with two attached hydrogens (primary N) is 1. The Morgan fingerprint density at radius 3 is 2.63 bits per heavy atom. The minimum absolute atomic E-state index is 0.0577. The van der Waals surface area contributed by atoms with Gasteiger partial charge >= 0.3 is 5.97 Å². The summed E-state index contributed by atoms with van der Waals surface area (Å²) in [5.41, 5.74) is 5.16. The Balaban J connectivity index is 2.71. The SMILES string of the molecule is NC(=O)CC[C@@H](NC(=O)c1cncc(Br)c1)C(=O)O. The summed E-state index contributed by atoms with van der Waals surface area (Å²) in [6.07, 6.45) is 2.64. The second kappa shape index (κ2) is 6.83. The van der Waals surface area contributed by atoms with Crippen LogP contribution in [0.1, 0.15) is 23.2 Å². The van der Waals surface area contributed by atoms with E-state index in [4.69, 9.17) is 10.8 Å². The summed E-state index contributed by atoms with van der Waals surface area (Å²) in [5, 5.41) is 11.3. The van der Waals surface area contributed by atoms with Crippen molar-refractivity contribution in [2.75, 3.05) is 0 Å². The van der Waals surface area contributed by atoms with E-state index in [0.29, 0.717) is 4.47 Å². The highest BCUT2D eigenvalue weighted by Gasteiger charge is 2.21. The normalized spacial score (nSPS) is 11.6. The molecule has 4 N–H and O–H groups in total. The molecule has 19 heavy (non-hydrogen) atoms. The molecule has 1 aromatic rings. The molecular formula is C11H12BrN3O4. The fraction of sp³-hybridized carbons (Fsp3) is 0.273. The predicted octanol–water partition coefficient (Wildman–Crippen LogP) is 0.293. The quantitative estimate of drug-likeness (QED) is 0.692. The van der Waals surface area contributed by atoms with Gasteiger partial charge in [0.2, 0.25) is 5.91 Å². The van der Waals surface area contributed by atoms with Crippen molar-refractivity contribution in [1.82, 2.24) is 10.3 Å². The van der Waals surface area contributed by atoms with Gasteiger partial charge in [0.1, 0.15) is 6.04 Å². The van der Waals surface area contributed by atoms with E-state index < -0.39 is 23.8 Å². The van der Waals surface area contributed by atoms with Gasteiger partial charge in [-0.05, 0) is 28.4 Å². The molecule has 7 nitrogen and oxygen atoms in total. The lowest BCUT2D eigenvalue weighted by molar-refractivity contribution is -0.139. The molecule has 2 amide bonds. The molecule has 8 heteroatoms. The summed E-state index contributed by atoms with van der Waals surface area (Å²) in [7, 11) is 0. The number of pyridine rings is 1. The lowest BCUT2D eigenvalue weighted by atomic mass is 10.1. The van der Waals surface area contributed by atoms with Crippen molar-refractivity contribution in [3.63, 3.8) is 0 Å². The number of hydrogen-bond acceptors (Lipinski definition) is 4. The molecule has 0 fully saturated rings. The van der Waals surface area contributed by atoms with Crippen LogP contribution >= 0.6 is 15.9 Å². The summed E-state index contributed by atoms with van der Waals surface area (Å²) < 4.78 is 0.601. The first-order valence-electron chi connectivity index (χ1n) is 5.32. The Kier molecular flexibility index (Phi) is 5.43.